The molecule has 110 valence electrons. The van der Waals surface area contributed by atoms with Gasteiger partial charge in [-0.2, -0.15) is 0 Å². The van der Waals surface area contributed by atoms with E-state index in [-0.39, 0.29) is 18.6 Å². The van der Waals surface area contributed by atoms with Gasteiger partial charge in [0.25, 0.3) is 0 Å². The lowest BCUT2D eigenvalue weighted by molar-refractivity contribution is -0.135. The van der Waals surface area contributed by atoms with E-state index >= 15 is 0 Å². The second-order valence-electron chi connectivity index (χ2n) is 4.54. The summed E-state index contributed by atoms with van der Waals surface area (Å²) in [6, 6.07) is 6.99. The Kier molecular flexibility index (Phi) is 5.05. The molecule has 21 heavy (non-hydrogen) atoms. The zero-order chi connectivity index (χ0) is 15.6. The number of esters is 1. The van der Waals surface area contributed by atoms with Crippen LogP contribution in [0, 0.1) is 10.5 Å². The molecular weight excluding hydrogens is 407 g/mol. The molecule has 0 aliphatic carbocycles. The standard InChI is InChI=1S/C15H12ClIO4/c1-8-11-3-2-10(21-14(19)5-4-13(16)18)6-9(11)7-12(17)15(8)20/h2-3,6-7,20H,4-5H2,1H3. The lowest BCUT2D eigenvalue weighted by atomic mass is 10.0. The van der Waals surface area contributed by atoms with Crippen LogP contribution in [0.3, 0.4) is 0 Å². The number of halogens is 2. The number of ether oxygens (including phenoxy) is 1. The number of benzene rings is 2. The van der Waals surface area contributed by atoms with Gasteiger partial charge in [-0.05, 0) is 75.7 Å². The van der Waals surface area contributed by atoms with Crippen LogP contribution in [0.1, 0.15) is 18.4 Å². The summed E-state index contributed by atoms with van der Waals surface area (Å²) in [4.78, 5) is 22.2. The molecule has 0 bridgehead atoms. The molecule has 0 heterocycles. The Hall–Kier alpha value is -1.34. The van der Waals surface area contributed by atoms with E-state index in [4.69, 9.17) is 16.3 Å². The normalized spacial score (nSPS) is 10.6. The topological polar surface area (TPSA) is 63.6 Å². The van der Waals surface area contributed by atoms with Crippen molar-refractivity contribution in [2.45, 2.75) is 19.8 Å². The van der Waals surface area contributed by atoms with Crippen molar-refractivity contribution in [2.24, 2.45) is 0 Å². The van der Waals surface area contributed by atoms with Gasteiger partial charge in [0.05, 0.1) is 9.99 Å². The summed E-state index contributed by atoms with van der Waals surface area (Å²) in [5.74, 6) is 0.150. The number of hydrogen-bond donors (Lipinski definition) is 1. The highest BCUT2D eigenvalue weighted by molar-refractivity contribution is 14.1. The van der Waals surface area contributed by atoms with Crippen LogP contribution >= 0.6 is 34.2 Å². The highest BCUT2D eigenvalue weighted by Gasteiger charge is 2.11. The first-order valence-corrected chi connectivity index (χ1v) is 7.65. The van der Waals surface area contributed by atoms with Gasteiger partial charge in [-0.3, -0.25) is 9.59 Å². The van der Waals surface area contributed by atoms with Gasteiger partial charge in [0.1, 0.15) is 11.5 Å². The number of aryl methyl sites for hydroxylation is 1. The van der Waals surface area contributed by atoms with Crippen LogP contribution in [0.2, 0.25) is 0 Å². The molecule has 1 N–H and O–H groups in total. The van der Waals surface area contributed by atoms with E-state index in [0.717, 1.165) is 19.9 Å². The Morgan fingerprint density at radius 1 is 1.29 bits per heavy atom. The van der Waals surface area contributed by atoms with Crippen molar-refractivity contribution in [3.05, 3.63) is 33.4 Å². The summed E-state index contributed by atoms with van der Waals surface area (Å²) in [5, 5.41) is 11.1. The summed E-state index contributed by atoms with van der Waals surface area (Å²) >= 11 is 7.23. The van der Waals surface area contributed by atoms with Gasteiger partial charge >= 0.3 is 5.97 Å². The van der Waals surface area contributed by atoms with Crippen LogP contribution < -0.4 is 4.74 Å². The van der Waals surface area contributed by atoms with E-state index in [1.807, 2.05) is 35.6 Å². The second-order valence-corrected chi connectivity index (χ2v) is 6.13. The summed E-state index contributed by atoms with van der Waals surface area (Å²) in [6.45, 7) is 1.83. The van der Waals surface area contributed by atoms with Gasteiger partial charge in [0.15, 0.2) is 0 Å². The highest BCUT2D eigenvalue weighted by Crippen LogP contribution is 2.33. The minimum Gasteiger partial charge on any atom is -0.507 e. The monoisotopic (exact) mass is 418 g/mol. The highest BCUT2D eigenvalue weighted by atomic mass is 127. The number of aromatic hydroxyl groups is 1. The molecule has 4 nitrogen and oxygen atoms in total. The molecule has 0 aliphatic heterocycles. The fraction of sp³-hybridized carbons (Fsp3) is 0.200. The van der Waals surface area contributed by atoms with Crippen LogP contribution in [-0.2, 0) is 9.59 Å². The largest absolute Gasteiger partial charge is 0.507 e. The zero-order valence-electron chi connectivity index (χ0n) is 11.2. The fourth-order valence-electron chi connectivity index (χ4n) is 1.96. The molecule has 2 aromatic rings. The predicted molar refractivity (Wildman–Crippen MR) is 88.8 cm³/mol. The molecule has 0 aliphatic rings. The van der Waals surface area contributed by atoms with Crippen molar-refractivity contribution in [1.82, 2.24) is 0 Å². The maximum absolute atomic E-state index is 11.6. The first-order chi connectivity index (χ1) is 9.88. The summed E-state index contributed by atoms with van der Waals surface area (Å²) < 4.78 is 5.90. The molecule has 0 unspecified atom stereocenters. The van der Waals surface area contributed by atoms with Crippen LogP contribution in [-0.4, -0.2) is 16.3 Å². The van der Waals surface area contributed by atoms with Crippen molar-refractivity contribution in [3.8, 4) is 11.5 Å². The molecule has 2 rings (SSSR count). The van der Waals surface area contributed by atoms with Crippen molar-refractivity contribution < 1.29 is 19.4 Å². The maximum atomic E-state index is 11.6. The van der Waals surface area contributed by atoms with Gasteiger partial charge in [0, 0.05) is 6.42 Å². The van der Waals surface area contributed by atoms with E-state index in [9.17, 15) is 14.7 Å². The van der Waals surface area contributed by atoms with Crippen molar-refractivity contribution in [1.29, 1.82) is 0 Å². The molecule has 6 heteroatoms. The first-order valence-electron chi connectivity index (χ1n) is 6.19. The summed E-state index contributed by atoms with van der Waals surface area (Å²) in [5.41, 5.74) is 0.780. The molecule has 0 atom stereocenters. The minimum atomic E-state index is -0.564. The van der Waals surface area contributed by atoms with E-state index < -0.39 is 11.2 Å². The maximum Gasteiger partial charge on any atom is 0.311 e. The second kappa shape index (κ2) is 6.62. The Morgan fingerprint density at radius 3 is 2.67 bits per heavy atom. The first kappa shape index (κ1) is 16.0. The van der Waals surface area contributed by atoms with Crippen molar-refractivity contribution in [3.63, 3.8) is 0 Å². The van der Waals surface area contributed by atoms with Gasteiger partial charge in [0.2, 0.25) is 5.24 Å². The van der Waals surface area contributed by atoms with Crippen LogP contribution in [0.5, 0.6) is 11.5 Å². The number of hydrogen-bond acceptors (Lipinski definition) is 4. The van der Waals surface area contributed by atoms with Gasteiger partial charge < -0.3 is 9.84 Å². The summed E-state index contributed by atoms with van der Waals surface area (Å²) in [7, 11) is 0. The lowest BCUT2D eigenvalue weighted by Crippen LogP contribution is -2.08. The Labute approximate surface area is 140 Å². The zero-order valence-corrected chi connectivity index (χ0v) is 14.1. The molecule has 2 aromatic carbocycles. The van der Waals surface area contributed by atoms with Gasteiger partial charge in [-0.15, -0.1) is 0 Å². The van der Waals surface area contributed by atoms with E-state index in [0.29, 0.717) is 5.75 Å². The fourth-order valence-corrected chi connectivity index (χ4v) is 2.79. The Morgan fingerprint density at radius 2 is 2.00 bits per heavy atom. The number of phenolic OH excluding ortho intramolecular Hbond substituents is 1. The predicted octanol–water partition coefficient (Wildman–Crippen LogP) is 3.91. The van der Waals surface area contributed by atoms with Gasteiger partial charge in [-0.25, -0.2) is 0 Å². The van der Waals surface area contributed by atoms with Crippen molar-refractivity contribution in [2.75, 3.05) is 0 Å². The third kappa shape index (κ3) is 3.85. The SMILES string of the molecule is Cc1c(O)c(I)cc2cc(OC(=O)CCC(=O)Cl)ccc12. The molecule has 0 fully saturated rings. The number of rotatable bonds is 4. The van der Waals surface area contributed by atoms with Crippen LogP contribution in [0.25, 0.3) is 10.8 Å². The number of fused-ring (bicyclic) bond motifs is 1. The quantitative estimate of drug-likeness (QED) is 0.354. The van der Waals surface area contributed by atoms with Crippen LogP contribution in [0.4, 0.5) is 0 Å². The third-order valence-electron chi connectivity index (χ3n) is 3.05. The average Bonchev–Trinajstić information content (AvgIpc) is 2.42. The number of phenols is 1. The molecule has 0 amide bonds. The molecule has 0 saturated heterocycles. The number of carbonyl (C=O) groups excluding carboxylic acids is 2. The smallest absolute Gasteiger partial charge is 0.311 e. The summed E-state index contributed by atoms with van der Waals surface area (Å²) in [6.07, 6.45) is -0.0919. The molecular formula is C15H12ClIO4. The molecule has 0 radical (unpaired) electrons. The van der Waals surface area contributed by atoms with E-state index in [2.05, 4.69) is 0 Å². The van der Waals surface area contributed by atoms with E-state index in [1.54, 1.807) is 18.2 Å². The molecule has 0 saturated carbocycles. The number of carbonyl (C=O) groups is 2. The van der Waals surface area contributed by atoms with Crippen LogP contribution in [0.15, 0.2) is 24.3 Å². The third-order valence-corrected chi connectivity index (χ3v) is 4.06. The Bertz CT molecular complexity index is 727. The minimum absolute atomic E-state index is 0.0428. The van der Waals surface area contributed by atoms with Crippen molar-refractivity contribution >= 4 is 56.2 Å². The lowest BCUT2D eigenvalue weighted by Gasteiger charge is -2.09. The van der Waals surface area contributed by atoms with E-state index in [1.165, 1.54) is 0 Å². The molecule has 0 aromatic heterocycles. The van der Waals surface area contributed by atoms with Gasteiger partial charge in [-0.1, -0.05) is 6.07 Å². The Balaban J connectivity index is 2.25. The average molecular weight is 419 g/mol. The molecule has 0 spiro atoms.